The second-order valence-corrected chi connectivity index (χ2v) is 11.1. The minimum absolute atomic E-state index is 0.0444. The number of sulfonamides is 1. The van der Waals surface area contributed by atoms with E-state index in [0.29, 0.717) is 4.31 Å². The average molecular weight is 541 g/mol. The van der Waals surface area contributed by atoms with Gasteiger partial charge in [-0.05, 0) is 78.6 Å². The van der Waals surface area contributed by atoms with Crippen LogP contribution in [0.3, 0.4) is 0 Å². The van der Waals surface area contributed by atoms with E-state index < -0.39 is 16.1 Å². The average Bonchev–Trinajstić information content (AvgIpc) is 3.32. The van der Waals surface area contributed by atoms with E-state index in [-0.39, 0.29) is 17.9 Å². The van der Waals surface area contributed by atoms with E-state index in [1.54, 1.807) is 24.5 Å². The van der Waals surface area contributed by atoms with Crippen LogP contribution >= 0.6 is 0 Å². The highest BCUT2D eigenvalue weighted by molar-refractivity contribution is 7.89. The van der Waals surface area contributed by atoms with E-state index in [1.165, 1.54) is 12.1 Å². The van der Waals surface area contributed by atoms with Crippen LogP contribution in [0.2, 0.25) is 0 Å². The second kappa shape index (κ2) is 10.7. The molecule has 1 amide bonds. The van der Waals surface area contributed by atoms with Crippen LogP contribution in [0.1, 0.15) is 23.9 Å². The van der Waals surface area contributed by atoms with E-state index in [2.05, 4.69) is 34.7 Å². The first-order valence-electron chi connectivity index (χ1n) is 12.6. The number of carboxylic acid groups (broad SMARTS) is 1. The van der Waals surface area contributed by atoms with Crippen molar-refractivity contribution in [2.45, 2.75) is 31.6 Å². The molecule has 0 aliphatic rings. The van der Waals surface area contributed by atoms with Crippen LogP contribution in [0.15, 0.2) is 96.2 Å². The van der Waals surface area contributed by atoms with Crippen molar-refractivity contribution < 1.29 is 18.3 Å². The lowest BCUT2D eigenvalue weighted by molar-refractivity contribution is 0.172. The molecule has 0 radical (unpaired) electrons. The van der Waals surface area contributed by atoms with Crippen LogP contribution in [0.5, 0.6) is 0 Å². The van der Waals surface area contributed by atoms with Crippen molar-refractivity contribution in [3.05, 3.63) is 108 Å². The summed E-state index contributed by atoms with van der Waals surface area (Å²) in [4.78, 5) is 20.8. The summed E-state index contributed by atoms with van der Waals surface area (Å²) in [5, 5.41) is 9.66. The van der Waals surface area contributed by atoms with Crippen molar-refractivity contribution in [2.24, 2.45) is 0 Å². The fourth-order valence-electron chi connectivity index (χ4n) is 4.58. The quantitative estimate of drug-likeness (QED) is 0.264. The summed E-state index contributed by atoms with van der Waals surface area (Å²) in [6.45, 7) is 3.71. The van der Waals surface area contributed by atoms with Crippen LogP contribution in [0.4, 0.5) is 4.79 Å². The fourth-order valence-corrected chi connectivity index (χ4v) is 5.85. The van der Waals surface area contributed by atoms with Gasteiger partial charge in [-0.25, -0.2) is 22.5 Å². The summed E-state index contributed by atoms with van der Waals surface area (Å²) < 4.78 is 28.5. The zero-order valence-corrected chi connectivity index (χ0v) is 22.5. The van der Waals surface area contributed by atoms with E-state index in [4.69, 9.17) is 4.98 Å². The Morgan fingerprint density at radius 3 is 2.26 bits per heavy atom. The Morgan fingerprint density at radius 1 is 0.923 bits per heavy atom. The Balaban J connectivity index is 1.38. The van der Waals surface area contributed by atoms with Gasteiger partial charge in [0, 0.05) is 31.0 Å². The lowest BCUT2D eigenvalue weighted by Gasteiger charge is -2.19. The number of aryl methyl sites for hydroxylation is 2. The number of nitrogens with zero attached hydrogens (tertiary/aromatic N) is 4. The number of hydrogen-bond acceptors (Lipinski definition) is 5. The van der Waals surface area contributed by atoms with Gasteiger partial charge >= 0.3 is 6.09 Å². The molecule has 8 nitrogen and oxygen atoms in total. The van der Waals surface area contributed by atoms with Gasteiger partial charge in [0.1, 0.15) is 5.82 Å². The zero-order valence-electron chi connectivity index (χ0n) is 21.7. The number of fused-ring (bicyclic) bond motifs is 1. The molecule has 1 N–H and O–H groups in total. The standard InChI is InChI=1S/C30H28N4O4S/c1-3-29-32-27-20-24(23-14-17-31-18-15-23)8-13-28(27)34(29)25-9-6-22(7-10-25)16-19-33(30(35)36)39(37,38)26-11-4-21(2)5-12-26/h4-15,17-18,20H,3,16,19H2,1-2H3,(H,35,36). The molecule has 0 saturated carbocycles. The number of hydrogen-bond donors (Lipinski definition) is 1. The first-order chi connectivity index (χ1) is 18.8. The maximum absolute atomic E-state index is 13.0. The van der Waals surface area contributed by atoms with Crippen LogP contribution in [0, 0.1) is 6.92 Å². The number of aromatic nitrogens is 3. The highest BCUT2D eigenvalue weighted by atomic mass is 32.2. The van der Waals surface area contributed by atoms with Gasteiger partial charge in [0.15, 0.2) is 0 Å². The molecule has 5 rings (SSSR count). The summed E-state index contributed by atoms with van der Waals surface area (Å²) in [6.07, 6.45) is 3.02. The van der Waals surface area contributed by atoms with Crippen molar-refractivity contribution in [3.63, 3.8) is 0 Å². The topological polar surface area (TPSA) is 105 Å². The summed E-state index contributed by atoms with van der Waals surface area (Å²) in [7, 11) is -4.17. The van der Waals surface area contributed by atoms with Crippen molar-refractivity contribution >= 4 is 27.1 Å². The van der Waals surface area contributed by atoms with E-state index in [9.17, 15) is 18.3 Å². The molecule has 2 aromatic heterocycles. The summed E-state index contributed by atoms with van der Waals surface area (Å²) in [6, 6.07) is 24.0. The summed E-state index contributed by atoms with van der Waals surface area (Å²) in [5.41, 5.74) is 6.66. The number of rotatable bonds is 8. The number of benzene rings is 3. The van der Waals surface area contributed by atoms with Gasteiger partial charge in [-0.3, -0.25) is 9.55 Å². The minimum Gasteiger partial charge on any atom is -0.464 e. The molecule has 0 atom stereocenters. The van der Waals surface area contributed by atoms with Gasteiger partial charge in [0.2, 0.25) is 0 Å². The van der Waals surface area contributed by atoms with Crippen LogP contribution in [0.25, 0.3) is 27.8 Å². The van der Waals surface area contributed by atoms with Crippen LogP contribution in [-0.4, -0.2) is 45.0 Å². The van der Waals surface area contributed by atoms with Crippen molar-refractivity contribution in [1.29, 1.82) is 0 Å². The van der Waals surface area contributed by atoms with Crippen molar-refractivity contribution in [1.82, 2.24) is 18.8 Å². The Kier molecular flexibility index (Phi) is 7.17. The predicted octanol–water partition coefficient (Wildman–Crippen LogP) is 5.87. The van der Waals surface area contributed by atoms with Crippen molar-refractivity contribution in [2.75, 3.05) is 6.54 Å². The smallest absolute Gasteiger partial charge is 0.421 e. The van der Waals surface area contributed by atoms with E-state index in [1.807, 2.05) is 43.3 Å². The van der Waals surface area contributed by atoms with Gasteiger partial charge in [-0.2, -0.15) is 0 Å². The Bertz CT molecular complexity index is 1730. The zero-order chi connectivity index (χ0) is 27.6. The lowest BCUT2D eigenvalue weighted by Crippen LogP contribution is -2.37. The molecule has 0 spiro atoms. The molecule has 0 fully saturated rings. The number of amides is 1. The summed E-state index contributed by atoms with van der Waals surface area (Å²) in [5.74, 6) is 0.922. The maximum Gasteiger partial charge on any atom is 0.421 e. The van der Waals surface area contributed by atoms with Gasteiger partial charge < -0.3 is 5.11 Å². The molecular formula is C30H28N4O4S. The SMILES string of the molecule is CCc1nc2cc(-c3ccncc3)ccc2n1-c1ccc(CCN(C(=O)O)S(=O)(=O)c2ccc(C)cc2)cc1. The number of imidazole rings is 1. The molecular weight excluding hydrogens is 512 g/mol. The van der Waals surface area contributed by atoms with Crippen LogP contribution in [-0.2, 0) is 22.9 Å². The maximum atomic E-state index is 13.0. The highest BCUT2D eigenvalue weighted by Crippen LogP contribution is 2.28. The lowest BCUT2D eigenvalue weighted by atomic mass is 10.1. The molecule has 5 aromatic rings. The monoisotopic (exact) mass is 540 g/mol. The first kappa shape index (κ1) is 26.1. The molecule has 198 valence electrons. The Morgan fingerprint density at radius 2 is 1.62 bits per heavy atom. The van der Waals surface area contributed by atoms with Crippen molar-refractivity contribution in [3.8, 4) is 16.8 Å². The Labute approximate surface area is 227 Å². The minimum atomic E-state index is -4.17. The molecule has 0 saturated heterocycles. The number of carbonyl (C=O) groups is 1. The predicted molar refractivity (Wildman–Crippen MR) is 150 cm³/mol. The third-order valence-electron chi connectivity index (χ3n) is 6.67. The van der Waals surface area contributed by atoms with Gasteiger partial charge in [-0.15, -0.1) is 0 Å². The third-order valence-corrected chi connectivity index (χ3v) is 8.46. The number of pyridine rings is 1. The normalized spacial score (nSPS) is 11.5. The highest BCUT2D eigenvalue weighted by Gasteiger charge is 2.28. The fraction of sp³-hybridized carbons (Fsp3) is 0.167. The molecule has 0 unspecified atom stereocenters. The molecule has 39 heavy (non-hydrogen) atoms. The molecule has 0 aliphatic carbocycles. The van der Waals surface area contributed by atoms with Gasteiger partial charge in [0.05, 0.1) is 15.9 Å². The first-order valence-corrected chi connectivity index (χ1v) is 14.1. The van der Waals surface area contributed by atoms with E-state index >= 15 is 0 Å². The van der Waals surface area contributed by atoms with Gasteiger partial charge in [0.25, 0.3) is 10.0 Å². The molecule has 3 aromatic carbocycles. The summed E-state index contributed by atoms with van der Waals surface area (Å²) >= 11 is 0. The van der Waals surface area contributed by atoms with E-state index in [0.717, 1.165) is 51.2 Å². The third kappa shape index (κ3) is 5.26. The molecule has 0 bridgehead atoms. The molecule has 2 heterocycles. The second-order valence-electron chi connectivity index (χ2n) is 9.25. The largest absolute Gasteiger partial charge is 0.464 e. The van der Waals surface area contributed by atoms with Crippen LogP contribution < -0.4 is 0 Å². The Hall–Kier alpha value is -4.50. The van der Waals surface area contributed by atoms with Gasteiger partial charge in [-0.1, -0.05) is 42.8 Å². The molecule has 9 heteroatoms. The molecule has 0 aliphatic heterocycles.